The lowest BCUT2D eigenvalue weighted by Gasteiger charge is -2.04. The van der Waals surface area contributed by atoms with Gasteiger partial charge in [-0.05, 0) is 36.0 Å². The van der Waals surface area contributed by atoms with Gasteiger partial charge >= 0.3 is 0 Å². The molecule has 2 aromatic carbocycles. The molecule has 2 aromatic rings. The van der Waals surface area contributed by atoms with E-state index < -0.39 is 0 Å². The van der Waals surface area contributed by atoms with Crippen LogP contribution in [0.3, 0.4) is 0 Å². The molecule has 16 heavy (non-hydrogen) atoms. The average molecular weight is 229 g/mol. The van der Waals surface area contributed by atoms with Gasteiger partial charge in [0.15, 0.2) is 0 Å². The van der Waals surface area contributed by atoms with Crippen molar-refractivity contribution in [2.75, 3.05) is 0 Å². The predicted octanol–water partition coefficient (Wildman–Crippen LogP) is 4.23. The molecule has 3 heteroatoms. The molecule has 2 rings (SSSR count). The zero-order valence-corrected chi connectivity index (χ0v) is 9.17. The molecule has 0 saturated heterocycles. The lowest BCUT2D eigenvalue weighted by atomic mass is 10.0. The Morgan fingerprint density at radius 2 is 1.81 bits per heavy atom. The molecule has 0 N–H and O–H groups in total. The van der Waals surface area contributed by atoms with Gasteiger partial charge in [0, 0.05) is 5.56 Å². The van der Waals surface area contributed by atoms with E-state index >= 15 is 0 Å². The Hall–Kier alpha value is -1.83. The average Bonchev–Trinajstić information content (AvgIpc) is 2.33. The SMILES string of the molecule is Fc1ccc(N=C=S)c(-c2ccccc2)c1. The topological polar surface area (TPSA) is 12.4 Å². The lowest BCUT2D eigenvalue weighted by molar-refractivity contribution is 0.628. The van der Waals surface area contributed by atoms with Crippen molar-refractivity contribution in [1.82, 2.24) is 0 Å². The molecule has 0 aromatic heterocycles. The Labute approximate surface area is 98.3 Å². The van der Waals surface area contributed by atoms with Crippen molar-refractivity contribution in [3.8, 4) is 11.1 Å². The minimum absolute atomic E-state index is 0.290. The van der Waals surface area contributed by atoms with Crippen molar-refractivity contribution >= 4 is 23.1 Å². The lowest BCUT2D eigenvalue weighted by Crippen LogP contribution is -1.81. The maximum Gasteiger partial charge on any atom is 0.123 e. The van der Waals surface area contributed by atoms with Crippen LogP contribution in [0.2, 0.25) is 0 Å². The van der Waals surface area contributed by atoms with Gasteiger partial charge in [0.05, 0.1) is 10.8 Å². The third-order valence-electron chi connectivity index (χ3n) is 2.21. The van der Waals surface area contributed by atoms with E-state index in [-0.39, 0.29) is 5.82 Å². The smallest absolute Gasteiger partial charge is 0.123 e. The minimum Gasteiger partial charge on any atom is -0.207 e. The molecule has 0 bridgehead atoms. The van der Waals surface area contributed by atoms with Crippen molar-refractivity contribution in [3.63, 3.8) is 0 Å². The van der Waals surface area contributed by atoms with Gasteiger partial charge < -0.3 is 0 Å². The van der Waals surface area contributed by atoms with Crippen LogP contribution < -0.4 is 0 Å². The third-order valence-corrected chi connectivity index (χ3v) is 2.30. The van der Waals surface area contributed by atoms with Gasteiger partial charge in [0.1, 0.15) is 5.82 Å². The van der Waals surface area contributed by atoms with Crippen LogP contribution in [0.15, 0.2) is 53.5 Å². The molecule has 0 aliphatic heterocycles. The zero-order valence-electron chi connectivity index (χ0n) is 8.35. The van der Waals surface area contributed by atoms with E-state index in [4.69, 9.17) is 0 Å². The number of hydrogen-bond acceptors (Lipinski definition) is 2. The van der Waals surface area contributed by atoms with Crippen LogP contribution in [0.1, 0.15) is 0 Å². The molecule has 0 spiro atoms. The van der Waals surface area contributed by atoms with Crippen molar-refractivity contribution in [2.45, 2.75) is 0 Å². The second-order valence-electron chi connectivity index (χ2n) is 3.23. The maximum absolute atomic E-state index is 13.2. The Balaban J connectivity index is 2.62. The van der Waals surface area contributed by atoms with Crippen LogP contribution in [0.25, 0.3) is 11.1 Å². The molecule has 0 atom stereocenters. The van der Waals surface area contributed by atoms with Crippen molar-refractivity contribution < 1.29 is 4.39 Å². The summed E-state index contributed by atoms with van der Waals surface area (Å²) in [7, 11) is 0. The minimum atomic E-state index is -0.290. The molecule has 0 unspecified atom stereocenters. The highest BCUT2D eigenvalue weighted by atomic mass is 32.1. The van der Waals surface area contributed by atoms with E-state index in [1.165, 1.54) is 12.1 Å². The van der Waals surface area contributed by atoms with Crippen molar-refractivity contribution in [2.24, 2.45) is 4.99 Å². The Bertz CT molecular complexity index is 545. The van der Waals surface area contributed by atoms with E-state index in [1.54, 1.807) is 6.07 Å². The summed E-state index contributed by atoms with van der Waals surface area (Å²) in [5, 5.41) is 2.30. The molecule has 0 amide bonds. The predicted molar refractivity (Wildman–Crippen MR) is 66.5 cm³/mol. The summed E-state index contributed by atoms with van der Waals surface area (Å²) in [5.74, 6) is -0.290. The fourth-order valence-electron chi connectivity index (χ4n) is 1.50. The van der Waals surface area contributed by atoms with Gasteiger partial charge in [-0.25, -0.2) is 4.39 Å². The monoisotopic (exact) mass is 229 g/mol. The molecule has 0 aliphatic rings. The number of thiocarbonyl (C=S) groups is 1. The highest BCUT2D eigenvalue weighted by Gasteiger charge is 2.05. The van der Waals surface area contributed by atoms with Gasteiger partial charge in [-0.1, -0.05) is 30.3 Å². The number of benzene rings is 2. The Morgan fingerprint density at radius 3 is 2.50 bits per heavy atom. The van der Waals surface area contributed by atoms with Crippen LogP contribution in [-0.4, -0.2) is 5.16 Å². The molecule has 0 radical (unpaired) electrons. The number of nitrogens with zero attached hydrogens (tertiary/aromatic N) is 1. The molecule has 0 aliphatic carbocycles. The van der Waals surface area contributed by atoms with Crippen LogP contribution in [0.4, 0.5) is 10.1 Å². The third kappa shape index (κ3) is 2.22. The zero-order chi connectivity index (χ0) is 11.4. The maximum atomic E-state index is 13.2. The molecule has 0 heterocycles. The Kier molecular flexibility index (Phi) is 3.20. The van der Waals surface area contributed by atoms with Gasteiger partial charge in [-0.2, -0.15) is 4.99 Å². The highest BCUT2D eigenvalue weighted by Crippen LogP contribution is 2.30. The quantitative estimate of drug-likeness (QED) is 0.554. The second kappa shape index (κ2) is 4.79. The van der Waals surface area contributed by atoms with Crippen LogP contribution in [-0.2, 0) is 0 Å². The fourth-order valence-corrected chi connectivity index (χ4v) is 1.60. The summed E-state index contributed by atoms with van der Waals surface area (Å²) >= 11 is 4.57. The summed E-state index contributed by atoms with van der Waals surface area (Å²) in [6.07, 6.45) is 0. The van der Waals surface area contributed by atoms with E-state index in [9.17, 15) is 4.39 Å². The van der Waals surface area contributed by atoms with Crippen molar-refractivity contribution in [1.29, 1.82) is 0 Å². The molecular formula is C13H8FNS. The first-order valence-corrected chi connectivity index (χ1v) is 5.15. The van der Waals surface area contributed by atoms with Gasteiger partial charge in [-0.15, -0.1) is 0 Å². The molecule has 0 fully saturated rings. The molecule has 0 saturated carbocycles. The van der Waals surface area contributed by atoms with Gasteiger partial charge in [-0.3, -0.25) is 0 Å². The molecule has 78 valence electrons. The first-order valence-electron chi connectivity index (χ1n) is 4.74. The standard InChI is InChI=1S/C13H8FNS/c14-11-6-7-13(15-9-16)12(8-11)10-4-2-1-3-5-10/h1-8H. The number of rotatable bonds is 2. The number of aliphatic imine (C=N–C) groups is 1. The van der Waals surface area contributed by atoms with Crippen LogP contribution in [0.5, 0.6) is 0 Å². The number of hydrogen-bond donors (Lipinski definition) is 0. The van der Waals surface area contributed by atoms with E-state index in [0.29, 0.717) is 5.69 Å². The first-order chi connectivity index (χ1) is 7.81. The highest BCUT2D eigenvalue weighted by molar-refractivity contribution is 7.78. The van der Waals surface area contributed by atoms with Crippen molar-refractivity contribution in [3.05, 3.63) is 54.3 Å². The molecule has 1 nitrogen and oxygen atoms in total. The summed E-state index contributed by atoms with van der Waals surface area (Å²) < 4.78 is 13.2. The summed E-state index contributed by atoms with van der Waals surface area (Å²) in [4.78, 5) is 3.92. The summed E-state index contributed by atoms with van der Waals surface area (Å²) in [5.41, 5.74) is 2.26. The van der Waals surface area contributed by atoms with Gasteiger partial charge in [0.25, 0.3) is 0 Å². The van der Waals surface area contributed by atoms with E-state index in [1.807, 2.05) is 30.3 Å². The van der Waals surface area contributed by atoms with E-state index in [2.05, 4.69) is 22.4 Å². The largest absolute Gasteiger partial charge is 0.207 e. The second-order valence-corrected chi connectivity index (χ2v) is 3.41. The van der Waals surface area contributed by atoms with Crippen LogP contribution >= 0.6 is 12.2 Å². The number of isothiocyanates is 1. The van der Waals surface area contributed by atoms with E-state index in [0.717, 1.165) is 11.1 Å². The normalized spacial score (nSPS) is 9.56. The van der Waals surface area contributed by atoms with Gasteiger partial charge in [0.2, 0.25) is 0 Å². The number of halogens is 1. The molecular weight excluding hydrogens is 221 g/mol. The first kappa shape index (κ1) is 10.7. The summed E-state index contributed by atoms with van der Waals surface area (Å²) in [6, 6.07) is 13.9. The van der Waals surface area contributed by atoms with Crippen LogP contribution in [0, 0.1) is 5.82 Å². The fraction of sp³-hybridized carbons (Fsp3) is 0. The Morgan fingerprint density at radius 1 is 1.06 bits per heavy atom. The summed E-state index contributed by atoms with van der Waals surface area (Å²) in [6.45, 7) is 0.